The zero-order valence-corrected chi connectivity index (χ0v) is 10.8. The molecule has 0 bridgehead atoms. The van der Waals surface area contributed by atoms with Crippen molar-refractivity contribution in [1.29, 1.82) is 0 Å². The first-order chi connectivity index (χ1) is 8.84. The van der Waals surface area contributed by atoms with Crippen molar-refractivity contribution in [3.8, 4) is 5.75 Å². The van der Waals surface area contributed by atoms with Crippen molar-refractivity contribution in [2.75, 3.05) is 11.9 Å². The van der Waals surface area contributed by atoms with Crippen LogP contribution in [0.2, 0.25) is 0 Å². The highest BCUT2D eigenvalue weighted by atomic mass is 32.1. The zero-order chi connectivity index (χ0) is 14.0. The van der Waals surface area contributed by atoms with Crippen LogP contribution in [-0.2, 0) is 6.18 Å². The van der Waals surface area contributed by atoms with Crippen molar-refractivity contribution >= 4 is 23.0 Å². The topological polar surface area (TPSA) is 47.3 Å². The number of benzene rings is 1. The fraction of sp³-hybridized carbons (Fsp3) is 0.417. The number of rotatable bonds is 4. The van der Waals surface area contributed by atoms with Gasteiger partial charge in [-0.15, -0.1) is 0 Å². The van der Waals surface area contributed by atoms with E-state index in [0.717, 1.165) is 25.0 Å². The van der Waals surface area contributed by atoms with Gasteiger partial charge in [0, 0.05) is 11.8 Å². The molecule has 0 spiro atoms. The Bertz CT molecular complexity index is 486. The molecule has 104 valence electrons. The van der Waals surface area contributed by atoms with E-state index in [4.69, 9.17) is 10.5 Å². The Kier molecular flexibility index (Phi) is 3.84. The highest BCUT2D eigenvalue weighted by Gasteiger charge is 2.32. The van der Waals surface area contributed by atoms with E-state index in [1.807, 2.05) is 0 Å². The molecule has 0 heterocycles. The largest absolute Gasteiger partial charge is 0.493 e. The molecule has 3 nitrogen and oxygen atoms in total. The summed E-state index contributed by atoms with van der Waals surface area (Å²) in [6.45, 7) is 0.438. The molecule has 1 saturated carbocycles. The third kappa shape index (κ3) is 4.27. The quantitative estimate of drug-likeness (QED) is 0.836. The van der Waals surface area contributed by atoms with E-state index in [9.17, 15) is 13.2 Å². The van der Waals surface area contributed by atoms with Crippen LogP contribution in [0.3, 0.4) is 0 Å². The SMILES string of the molecule is NC(=S)Nc1cc(OCC2CC2)cc(C(F)(F)F)c1. The predicted octanol–water partition coefficient (Wildman–Crippen LogP) is 3.15. The number of nitrogens with one attached hydrogen (secondary N) is 1. The van der Waals surface area contributed by atoms with Crippen molar-refractivity contribution in [3.63, 3.8) is 0 Å². The number of anilines is 1. The fourth-order valence-corrected chi connectivity index (χ4v) is 1.68. The van der Waals surface area contributed by atoms with Gasteiger partial charge in [0.25, 0.3) is 0 Å². The standard InChI is InChI=1S/C12H13F3N2OS/c13-12(14,15)8-3-9(17-11(16)19)5-10(4-8)18-6-7-1-2-7/h3-5,7H,1-2,6H2,(H3,16,17,19). The lowest BCUT2D eigenvalue weighted by atomic mass is 10.2. The Balaban J connectivity index is 2.21. The molecule has 3 N–H and O–H groups in total. The molecule has 1 fully saturated rings. The first-order valence-corrected chi connectivity index (χ1v) is 6.17. The number of halogens is 3. The number of thiocarbonyl (C=S) groups is 1. The highest BCUT2D eigenvalue weighted by molar-refractivity contribution is 7.80. The van der Waals surface area contributed by atoms with Crippen LogP contribution in [0.1, 0.15) is 18.4 Å². The summed E-state index contributed by atoms with van der Waals surface area (Å²) in [5, 5.41) is 2.40. The lowest BCUT2D eigenvalue weighted by Crippen LogP contribution is -2.19. The van der Waals surface area contributed by atoms with E-state index in [-0.39, 0.29) is 16.5 Å². The van der Waals surface area contributed by atoms with Crippen molar-refractivity contribution in [2.45, 2.75) is 19.0 Å². The molecule has 0 unspecified atom stereocenters. The van der Waals surface area contributed by atoms with Crippen LogP contribution in [0, 0.1) is 5.92 Å². The molecule has 1 aliphatic carbocycles. The predicted molar refractivity (Wildman–Crippen MR) is 70.1 cm³/mol. The van der Waals surface area contributed by atoms with Gasteiger partial charge in [-0.2, -0.15) is 13.2 Å². The van der Waals surface area contributed by atoms with Crippen molar-refractivity contribution in [1.82, 2.24) is 0 Å². The second-order valence-electron chi connectivity index (χ2n) is 4.49. The molecule has 0 radical (unpaired) electrons. The monoisotopic (exact) mass is 290 g/mol. The summed E-state index contributed by atoms with van der Waals surface area (Å²) in [5.41, 5.74) is 4.65. The molecule has 0 amide bonds. The average molecular weight is 290 g/mol. The number of hydrogen-bond acceptors (Lipinski definition) is 2. The van der Waals surface area contributed by atoms with Crippen LogP contribution in [0.4, 0.5) is 18.9 Å². The molecule has 7 heteroatoms. The Morgan fingerprint density at radius 1 is 1.37 bits per heavy atom. The molecular weight excluding hydrogens is 277 g/mol. The van der Waals surface area contributed by atoms with E-state index in [2.05, 4.69) is 17.5 Å². The normalized spacial score (nSPS) is 15.1. The summed E-state index contributed by atoms with van der Waals surface area (Å²) < 4.78 is 43.6. The lowest BCUT2D eigenvalue weighted by molar-refractivity contribution is -0.137. The summed E-state index contributed by atoms with van der Waals surface area (Å²) >= 11 is 4.62. The van der Waals surface area contributed by atoms with E-state index < -0.39 is 11.7 Å². The summed E-state index contributed by atoms with van der Waals surface area (Å²) in [6.07, 6.45) is -2.31. The molecule has 19 heavy (non-hydrogen) atoms. The van der Waals surface area contributed by atoms with Gasteiger partial charge in [-0.3, -0.25) is 0 Å². The third-order valence-electron chi connectivity index (χ3n) is 2.68. The van der Waals surface area contributed by atoms with Gasteiger partial charge in [0.05, 0.1) is 12.2 Å². The smallest absolute Gasteiger partial charge is 0.416 e. The van der Waals surface area contributed by atoms with Crippen LogP contribution < -0.4 is 15.8 Å². The fourth-order valence-electron chi connectivity index (χ4n) is 1.56. The third-order valence-corrected chi connectivity index (χ3v) is 2.79. The van der Waals surface area contributed by atoms with Crippen molar-refractivity contribution < 1.29 is 17.9 Å². The highest BCUT2D eigenvalue weighted by Crippen LogP contribution is 2.35. The second kappa shape index (κ2) is 5.24. The molecular formula is C12H13F3N2OS. The minimum atomic E-state index is -4.44. The Labute approximate surface area is 113 Å². The van der Waals surface area contributed by atoms with Gasteiger partial charge >= 0.3 is 6.18 Å². The van der Waals surface area contributed by atoms with Crippen LogP contribution in [0.25, 0.3) is 0 Å². The molecule has 0 atom stereocenters. The number of ether oxygens (including phenoxy) is 1. The van der Waals surface area contributed by atoms with Gasteiger partial charge in [0.15, 0.2) is 5.11 Å². The van der Waals surface area contributed by atoms with Crippen LogP contribution in [0.15, 0.2) is 18.2 Å². The first-order valence-electron chi connectivity index (χ1n) is 5.76. The van der Waals surface area contributed by atoms with Crippen LogP contribution in [-0.4, -0.2) is 11.7 Å². The minimum absolute atomic E-state index is 0.0903. The minimum Gasteiger partial charge on any atom is -0.493 e. The zero-order valence-electron chi connectivity index (χ0n) is 9.96. The maximum Gasteiger partial charge on any atom is 0.416 e. The molecule has 0 saturated heterocycles. The molecule has 2 rings (SSSR count). The van der Waals surface area contributed by atoms with Gasteiger partial charge < -0.3 is 15.8 Å². The molecule has 1 aliphatic rings. The van der Waals surface area contributed by atoms with Crippen molar-refractivity contribution in [2.24, 2.45) is 11.7 Å². The van der Waals surface area contributed by atoms with E-state index in [0.29, 0.717) is 12.5 Å². The van der Waals surface area contributed by atoms with E-state index in [1.165, 1.54) is 6.07 Å². The average Bonchev–Trinajstić information content (AvgIpc) is 3.07. The first kappa shape index (κ1) is 13.9. The molecule has 0 aromatic heterocycles. The molecule has 0 aliphatic heterocycles. The van der Waals surface area contributed by atoms with E-state index in [1.54, 1.807) is 0 Å². The van der Waals surface area contributed by atoms with Gasteiger partial charge in [-0.05, 0) is 43.1 Å². The van der Waals surface area contributed by atoms with Gasteiger partial charge in [0.1, 0.15) is 5.75 Å². The van der Waals surface area contributed by atoms with E-state index >= 15 is 0 Å². The maximum atomic E-state index is 12.7. The molecule has 1 aromatic rings. The Morgan fingerprint density at radius 2 is 2.05 bits per heavy atom. The van der Waals surface area contributed by atoms with Crippen LogP contribution >= 0.6 is 12.2 Å². The van der Waals surface area contributed by atoms with Crippen LogP contribution in [0.5, 0.6) is 5.75 Å². The number of nitrogens with two attached hydrogens (primary N) is 1. The number of alkyl halides is 3. The summed E-state index contributed by atoms with van der Waals surface area (Å²) in [6, 6.07) is 3.38. The summed E-state index contributed by atoms with van der Waals surface area (Å²) in [7, 11) is 0. The Hall–Kier alpha value is -1.50. The van der Waals surface area contributed by atoms with Gasteiger partial charge in [-0.1, -0.05) is 0 Å². The molecule has 1 aromatic carbocycles. The van der Waals surface area contributed by atoms with Gasteiger partial charge in [0.2, 0.25) is 0 Å². The Morgan fingerprint density at radius 3 is 2.58 bits per heavy atom. The summed E-state index contributed by atoms with van der Waals surface area (Å²) in [4.78, 5) is 0. The van der Waals surface area contributed by atoms with Crippen molar-refractivity contribution in [3.05, 3.63) is 23.8 Å². The number of hydrogen-bond donors (Lipinski definition) is 2. The second-order valence-corrected chi connectivity index (χ2v) is 4.93. The van der Waals surface area contributed by atoms with Gasteiger partial charge in [-0.25, -0.2) is 0 Å². The summed E-state index contributed by atoms with van der Waals surface area (Å²) in [5.74, 6) is 0.627. The lowest BCUT2D eigenvalue weighted by Gasteiger charge is -2.13. The maximum absolute atomic E-state index is 12.7.